The van der Waals surface area contributed by atoms with Crippen LogP contribution in [0.3, 0.4) is 0 Å². The summed E-state index contributed by atoms with van der Waals surface area (Å²) in [5, 5.41) is 10.8. The molecule has 0 aliphatic heterocycles. The minimum Gasteiger partial charge on any atom is -0.299 e. The molecular formula is C8H9N3S2. The lowest BCUT2D eigenvalue weighted by atomic mass is 10.2. The molecule has 0 spiro atoms. The van der Waals surface area contributed by atoms with E-state index in [1.807, 2.05) is 4.57 Å². The summed E-state index contributed by atoms with van der Waals surface area (Å²) in [7, 11) is 0. The van der Waals surface area contributed by atoms with Gasteiger partial charge in [-0.15, -0.1) is 0 Å². The SMILES string of the molecule is CC(c1ccsc1)n1cn[nH]c1=S. The zero-order valence-electron chi connectivity index (χ0n) is 7.10. The highest BCUT2D eigenvalue weighted by Crippen LogP contribution is 2.19. The Kier molecular flexibility index (Phi) is 2.28. The van der Waals surface area contributed by atoms with Crippen molar-refractivity contribution in [1.29, 1.82) is 0 Å². The third-order valence-electron chi connectivity index (χ3n) is 2.02. The van der Waals surface area contributed by atoms with Gasteiger partial charge in [-0.25, -0.2) is 0 Å². The van der Waals surface area contributed by atoms with E-state index in [0.717, 1.165) is 0 Å². The molecule has 5 heteroatoms. The van der Waals surface area contributed by atoms with Crippen molar-refractivity contribution in [1.82, 2.24) is 14.8 Å². The third kappa shape index (κ3) is 1.57. The van der Waals surface area contributed by atoms with Gasteiger partial charge in [-0.2, -0.15) is 16.4 Å². The highest BCUT2D eigenvalue weighted by Gasteiger charge is 2.08. The molecule has 1 N–H and O–H groups in total. The second-order valence-electron chi connectivity index (χ2n) is 2.80. The van der Waals surface area contributed by atoms with Crippen LogP contribution in [0.25, 0.3) is 0 Å². The zero-order chi connectivity index (χ0) is 9.26. The third-order valence-corrected chi connectivity index (χ3v) is 3.02. The summed E-state index contributed by atoms with van der Waals surface area (Å²) < 4.78 is 2.61. The van der Waals surface area contributed by atoms with Crippen LogP contribution in [0.5, 0.6) is 0 Å². The van der Waals surface area contributed by atoms with E-state index in [-0.39, 0.29) is 6.04 Å². The quantitative estimate of drug-likeness (QED) is 0.775. The monoisotopic (exact) mass is 211 g/mol. The molecule has 0 saturated carbocycles. The molecule has 0 saturated heterocycles. The number of thiophene rings is 1. The van der Waals surface area contributed by atoms with E-state index in [0.29, 0.717) is 4.77 Å². The van der Waals surface area contributed by atoms with Gasteiger partial charge in [0.25, 0.3) is 0 Å². The van der Waals surface area contributed by atoms with E-state index in [1.54, 1.807) is 17.7 Å². The predicted octanol–water partition coefficient (Wildman–Crippen LogP) is 2.61. The maximum Gasteiger partial charge on any atom is 0.195 e. The first-order chi connectivity index (χ1) is 6.29. The fraction of sp³-hybridized carbons (Fsp3) is 0.250. The summed E-state index contributed by atoms with van der Waals surface area (Å²) in [6, 6.07) is 2.36. The van der Waals surface area contributed by atoms with Crippen molar-refractivity contribution in [2.45, 2.75) is 13.0 Å². The molecule has 1 unspecified atom stereocenters. The van der Waals surface area contributed by atoms with Crippen molar-refractivity contribution in [2.24, 2.45) is 0 Å². The molecule has 2 rings (SSSR count). The van der Waals surface area contributed by atoms with Crippen LogP contribution in [0.15, 0.2) is 23.2 Å². The Morgan fingerprint density at radius 2 is 2.54 bits per heavy atom. The molecule has 0 aliphatic rings. The Bertz CT molecular complexity index is 426. The first-order valence-electron chi connectivity index (χ1n) is 3.92. The van der Waals surface area contributed by atoms with Crippen molar-refractivity contribution in [3.63, 3.8) is 0 Å². The van der Waals surface area contributed by atoms with Gasteiger partial charge in [0.15, 0.2) is 4.77 Å². The van der Waals surface area contributed by atoms with Crippen molar-refractivity contribution in [3.05, 3.63) is 33.5 Å². The van der Waals surface area contributed by atoms with E-state index in [4.69, 9.17) is 12.2 Å². The Morgan fingerprint density at radius 3 is 3.08 bits per heavy atom. The normalized spacial score (nSPS) is 13.0. The Labute approximate surface area is 85.0 Å². The van der Waals surface area contributed by atoms with Gasteiger partial charge in [-0.1, -0.05) is 0 Å². The average molecular weight is 211 g/mol. The van der Waals surface area contributed by atoms with E-state index >= 15 is 0 Å². The largest absolute Gasteiger partial charge is 0.299 e. The highest BCUT2D eigenvalue weighted by atomic mass is 32.1. The standard InChI is InChI=1S/C8H9N3S2/c1-6(7-2-3-13-4-7)11-5-9-10-8(11)12/h2-6H,1H3,(H,10,12). The maximum atomic E-state index is 5.08. The molecule has 2 aromatic rings. The highest BCUT2D eigenvalue weighted by molar-refractivity contribution is 7.71. The van der Waals surface area contributed by atoms with Crippen LogP contribution in [-0.4, -0.2) is 14.8 Å². The van der Waals surface area contributed by atoms with Crippen LogP contribution in [0.4, 0.5) is 0 Å². The molecule has 3 nitrogen and oxygen atoms in total. The Balaban J connectivity index is 2.39. The van der Waals surface area contributed by atoms with Gasteiger partial charge < -0.3 is 0 Å². The molecule has 0 aromatic carbocycles. The van der Waals surface area contributed by atoms with Crippen molar-refractivity contribution < 1.29 is 0 Å². The average Bonchev–Trinajstić information content (AvgIpc) is 2.72. The minimum absolute atomic E-state index is 0.262. The minimum atomic E-state index is 0.262. The first-order valence-corrected chi connectivity index (χ1v) is 5.28. The van der Waals surface area contributed by atoms with Crippen LogP contribution in [-0.2, 0) is 0 Å². The molecule has 0 radical (unpaired) electrons. The lowest BCUT2D eigenvalue weighted by molar-refractivity contribution is 0.630. The fourth-order valence-electron chi connectivity index (χ4n) is 1.21. The smallest absolute Gasteiger partial charge is 0.195 e. The predicted molar refractivity (Wildman–Crippen MR) is 55.5 cm³/mol. The Morgan fingerprint density at radius 1 is 1.69 bits per heavy atom. The van der Waals surface area contributed by atoms with E-state index < -0.39 is 0 Å². The van der Waals surface area contributed by atoms with Crippen molar-refractivity contribution in [3.8, 4) is 0 Å². The van der Waals surface area contributed by atoms with Crippen LogP contribution in [0, 0.1) is 4.77 Å². The van der Waals surface area contributed by atoms with Crippen LogP contribution >= 0.6 is 23.6 Å². The molecule has 0 fully saturated rings. The molecule has 0 bridgehead atoms. The summed E-state index contributed by atoms with van der Waals surface area (Å²) in [5.41, 5.74) is 1.27. The van der Waals surface area contributed by atoms with Gasteiger partial charge in [0.1, 0.15) is 6.33 Å². The summed E-state index contributed by atoms with van der Waals surface area (Å²) in [6.07, 6.45) is 1.73. The molecule has 68 valence electrons. The molecule has 0 amide bonds. The number of aromatic nitrogens is 3. The number of aromatic amines is 1. The second-order valence-corrected chi connectivity index (χ2v) is 3.97. The zero-order valence-corrected chi connectivity index (χ0v) is 8.73. The summed E-state index contributed by atoms with van der Waals surface area (Å²) in [5.74, 6) is 0. The fourth-order valence-corrected chi connectivity index (χ4v) is 2.21. The summed E-state index contributed by atoms with van der Waals surface area (Å²) in [6.45, 7) is 2.10. The number of hydrogen-bond acceptors (Lipinski definition) is 3. The van der Waals surface area contributed by atoms with Gasteiger partial charge in [0.05, 0.1) is 6.04 Å². The number of H-pyrrole nitrogens is 1. The number of nitrogens with one attached hydrogen (secondary N) is 1. The van der Waals surface area contributed by atoms with Gasteiger partial charge in [-0.3, -0.25) is 9.67 Å². The first kappa shape index (κ1) is 8.65. The lowest BCUT2D eigenvalue weighted by Gasteiger charge is -2.09. The molecule has 0 aliphatic carbocycles. The van der Waals surface area contributed by atoms with Gasteiger partial charge >= 0.3 is 0 Å². The van der Waals surface area contributed by atoms with Gasteiger partial charge in [0.2, 0.25) is 0 Å². The molecule has 2 aromatic heterocycles. The van der Waals surface area contributed by atoms with Crippen molar-refractivity contribution >= 4 is 23.6 Å². The van der Waals surface area contributed by atoms with Crippen LogP contribution in [0.2, 0.25) is 0 Å². The molecule has 2 heterocycles. The maximum absolute atomic E-state index is 5.08. The number of hydrogen-bond donors (Lipinski definition) is 1. The summed E-state index contributed by atoms with van der Waals surface area (Å²) >= 11 is 6.78. The molecular weight excluding hydrogens is 202 g/mol. The second kappa shape index (κ2) is 3.43. The Hall–Kier alpha value is -0.940. The van der Waals surface area contributed by atoms with E-state index in [1.165, 1.54) is 5.56 Å². The molecule has 13 heavy (non-hydrogen) atoms. The van der Waals surface area contributed by atoms with Crippen molar-refractivity contribution in [2.75, 3.05) is 0 Å². The van der Waals surface area contributed by atoms with Gasteiger partial charge in [-0.05, 0) is 41.5 Å². The topological polar surface area (TPSA) is 33.6 Å². The van der Waals surface area contributed by atoms with E-state index in [9.17, 15) is 0 Å². The van der Waals surface area contributed by atoms with Gasteiger partial charge in [0, 0.05) is 0 Å². The number of nitrogens with zero attached hydrogens (tertiary/aromatic N) is 2. The number of rotatable bonds is 2. The summed E-state index contributed by atoms with van der Waals surface area (Å²) in [4.78, 5) is 0. The van der Waals surface area contributed by atoms with Crippen LogP contribution in [0.1, 0.15) is 18.5 Å². The van der Waals surface area contributed by atoms with Crippen LogP contribution < -0.4 is 0 Å². The van der Waals surface area contributed by atoms with E-state index in [2.05, 4.69) is 33.9 Å². The molecule has 1 atom stereocenters. The lowest BCUT2D eigenvalue weighted by Crippen LogP contribution is -2.04.